The number of nitrogens with zero attached hydrogens (tertiary/aromatic N) is 1. The van der Waals surface area contributed by atoms with Crippen molar-refractivity contribution in [1.82, 2.24) is 10.2 Å². The molecule has 2 rings (SSSR count). The fourth-order valence-corrected chi connectivity index (χ4v) is 1.90. The number of rotatable bonds is 3. The van der Waals surface area contributed by atoms with Gasteiger partial charge in [-0.1, -0.05) is 0 Å². The standard InChI is InChI=1S/C12H13F3N2O/c13-9-2-1-8(11(14)12(9)15)10(18)7-17-5-3-16-4-6-17/h1-2,16H,3-7H2. The molecular weight excluding hydrogens is 245 g/mol. The molecule has 1 aromatic carbocycles. The van der Waals surface area contributed by atoms with E-state index in [0.29, 0.717) is 13.1 Å². The third-order valence-corrected chi connectivity index (χ3v) is 2.91. The van der Waals surface area contributed by atoms with Gasteiger partial charge < -0.3 is 5.32 Å². The Hall–Kier alpha value is -1.40. The van der Waals surface area contributed by atoms with Gasteiger partial charge >= 0.3 is 0 Å². The van der Waals surface area contributed by atoms with Gasteiger partial charge in [0.15, 0.2) is 23.2 Å². The van der Waals surface area contributed by atoms with Gasteiger partial charge in [-0.25, -0.2) is 13.2 Å². The molecule has 1 saturated heterocycles. The molecule has 1 fully saturated rings. The molecule has 0 saturated carbocycles. The molecule has 18 heavy (non-hydrogen) atoms. The number of halogens is 3. The third-order valence-electron chi connectivity index (χ3n) is 2.91. The van der Waals surface area contributed by atoms with Gasteiger partial charge in [0, 0.05) is 26.2 Å². The Balaban J connectivity index is 2.11. The van der Waals surface area contributed by atoms with Crippen molar-refractivity contribution in [3.05, 3.63) is 35.1 Å². The van der Waals surface area contributed by atoms with Gasteiger partial charge in [0.05, 0.1) is 12.1 Å². The monoisotopic (exact) mass is 258 g/mol. The Morgan fingerprint density at radius 1 is 1.17 bits per heavy atom. The van der Waals surface area contributed by atoms with E-state index in [1.807, 2.05) is 4.90 Å². The van der Waals surface area contributed by atoms with Crippen LogP contribution in [0.5, 0.6) is 0 Å². The van der Waals surface area contributed by atoms with Crippen molar-refractivity contribution < 1.29 is 18.0 Å². The zero-order valence-corrected chi connectivity index (χ0v) is 9.68. The number of hydrogen-bond donors (Lipinski definition) is 1. The summed E-state index contributed by atoms with van der Waals surface area (Å²) < 4.78 is 39.1. The van der Waals surface area contributed by atoms with Crippen molar-refractivity contribution in [3.63, 3.8) is 0 Å². The molecule has 0 atom stereocenters. The highest BCUT2D eigenvalue weighted by atomic mass is 19.2. The second-order valence-corrected chi connectivity index (χ2v) is 4.17. The molecule has 1 aliphatic rings. The van der Waals surface area contributed by atoms with Crippen LogP contribution in [-0.2, 0) is 0 Å². The number of hydrogen-bond acceptors (Lipinski definition) is 3. The lowest BCUT2D eigenvalue weighted by molar-refractivity contribution is 0.0916. The van der Waals surface area contributed by atoms with Crippen LogP contribution in [0.25, 0.3) is 0 Å². The van der Waals surface area contributed by atoms with E-state index in [2.05, 4.69) is 5.32 Å². The smallest absolute Gasteiger partial charge is 0.195 e. The molecule has 0 amide bonds. The number of ketones is 1. The van der Waals surface area contributed by atoms with Crippen molar-refractivity contribution in [3.8, 4) is 0 Å². The first-order valence-electron chi connectivity index (χ1n) is 5.69. The fourth-order valence-electron chi connectivity index (χ4n) is 1.90. The van der Waals surface area contributed by atoms with E-state index >= 15 is 0 Å². The van der Waals surface area contributed by atoms with Gasteiger partial charge in [0.25, 0.3) is 0 Å². The summed E-state index contributed by atoms with van der Waals surface area (Å²) in [5.74, 6) is -4.82. The van der Waals surface area contributed by atoms with Gasteiger partial charge in [-0.05, 0) is 12.1 Å². The van der Waals surface area contributed by atoms with Gasteiger partial charge in [-0.2, -0.15) is 0 Å². The summed E-state index contributed by atoms with van der Waals surface area (Å²) in [7, 11) is 0. The number of nitrogens with one attached hydrogen (secondary N) is 1. The summed E-state index contributed by atoms with van der Waals surface area (Å²) in [6.07, 6.45) is 0. The van der Waals surface area contributed by atoms with E-state index in [1.54, 1.807) is 0 Å². The number of carbonyl (C=O) groups is 1. The SMILES string of the molecule is O=C(CN1CCNCC1)c1ccc(F)c(F)c1F. The number of carbonyl (C=O) groups excluding carboxylic acids is 1. The molecule has 3 nitrogen and oxygen atoms in total. The van der Waals surface area contributed by atoms with Crippen LogP contribution < -0.4 is 5.32 Å². The molecule has 0 bridgehead atoms. The molecule has 0 aliphatic carbocycles. The van der Waals surface area contributed by atoms with Crippen molar-refractivity contribution in [1.29, 1.82) is 0 Å². The van der Waals surface area contributed by atoms with E-state index in [4.69, 9.17) is 0 Å². The highest BCUT2D eigenvalue weighted by Gasteiger charge is 2.21. The summed E-state index contributed by atoms with van der Waals surface area (Å²) in [5, 5.41) is 3.12. The van der Waals surface area contributed by atoms with E-state index in [-0.39, 0.29) is 6.54 Å². The Kier molecular flexibility index (Phi) is 3.98. The summed E-state index contributed by atoms with van der Waals surface area (Å²) >= 11 is 0. The maximum atomic E-state index is 13.4. The van der Waals surface area contributed by atoms with E-state index in [9.17, 15) is 18.0 Å². The molecular formula is C12H13F3N2O. The highest BCUT2D eigenvalue weighted by Crippen LogP contribution is 2.16. The highest BCUT2D eigenvalue weighted by molar-refractivity contribution is 5.97. The fraction of sp³-hybridized carbons (Fsp3) is 0.417. The van der Waals surface area contributed by atoms with E-state index in [0.717, 1.165) is 25.2 Å². The molecule has 0 aromatic heterocycles. The lowest BCUT2D eigenvalue weighted by Gasteiger charge is -2.26. The topological polar surface area (TPSA) is 32.3 Å². The Morgan fingerprint density at radius 3 is 2.50 bits per heavy atom. The predicted molar refractivity (Wildman–Crippen MR) is 60.0 cm³/mol. The molecule has 1 N–H and O–H groups in total. The molecule has 98 valence electrons. The number of benzene rings is 1. The van der Waals surface area contributed by atoms with Crippen molar-refractivity contribution in [2.45, 2.75) is 0 Å². The summed E-state index contributed by atoms with van der Waals surface area (Å²) in [4.78, 5) is 13.7. The second kappa shape index (κ2) is 5.49. The molecule has 0 unspecified atom stereocenters. The van der Waals surface area contributed by atoms with Crippen LogP contribution in [0.2, 0.25) is 0 Å². The maximum Gasteiger partial charge on any atom is 0.195 e. The molecule has 1 aliphatic heterocycles. The van der Waals surface area contributed by atoms with Crippen molar-refractivity contribution in [2.24, 2.45) is 0 Å². The van der Waals surface area contributed by atoms with Crippen LogP contribution in [0.15, 0.2) is 12.1 Å². The first-order chi connectivity index (χ1) is 8.59. The summed E-state index contributed by atoms with van der Waals surface area (Å²) in [6.45, 7) is 2.89. The zero-order valence-electron chi connectivity index (χ0n) is 9.68. The van der Waals surface area contributed by atoms with Crippen LogP contribution >= 0.6 is 0 Å². The first kappa shape index (κ1) is 13.0. The summed E-state index contributed by atoms with van der Waals surface area (Å²) in [6, 6.07) is 1.75. The lowest BCUT2D eigenvalue weighted by atomic mass is 10.1. The molecule has 1 aromatic rings. The Labute approximate surface area is 103 Å². The van der Waals surface area contributed by atoms with Crippen LogP contribution in [-0.4, -0.2) is 43.4 Å². The second-order valence-electron chi connectivity index (χ2n) is 4.17. The largest absolute Gasteiger partial charge is 0.314 e. The quantitative estimate of drug-likeness (QED) is 0.653. The van der Waals surface area contributed by atoms with E-state index < -0.39 is 28.8 Å². The predicted octanol–water partition coefficient (Wildman–Crippen LogP) is 1.19. The van der Waals surface area contributed by atoms with Crippen LogP contribution in [0.4, 0.5) is 13.2 Å². The minimum atomic E-state index is -1.60. The minimum Gasteiger partial charge on any atom is -0.314 e. The normalized spacial score (nSPS) is 16.8. The average Bonchev–Trinajstić information content (AvgIpc) is 2.37. The van der Waals surface area contributed by atoms with Gasteiger partial charge in [-0.15, -0.1) is 0 Å². The van der Waals surface area contributed by atoms with Gasteiger partial charge in [-0.3, -0.25) is 9.69 Å². The van der Waals surface area contributed by atoms with Crippen molar-refractivity contribution in [2.75, 3.05) is 32.7 Å². The van der Waals surface area contributed by atoms with Crippen molar-refractivity contribution >= 4 is 5.78 Å². The number of Topliss-reactive ketones (excluding diaryl/α,β-unsaturated/α-hetero) is 1. The summed E-state index contributed by atoms with van der Waals surface area (Å²) in [5.41, 5.74) is -0.396. The first-order valence-corrected chi connectivity index (χ1v) is 5.69. The number of piperazine rings is 1. The lowest BCUT2D eigenvalue weighted by Crippen LogP contribution is -2.45. The average molecular weight is 258 g/mol. The Morgan fingerprint density at radius 2 is 1.83 bits per heavy atom. The zero-order chi connectivity index (χ0) is 13.1. The molecule has 0 radical (unpaired) electrons. The molecule has 0 spiro atoms. The molecule has 1 heterocycles. The third kappa shape index (κ3) is 2.70. The maximum absolute atomic E-state index is 13.4. The minimum absolute atomic E-state index is 0.0175. The Bertz CT molecular complexity index is 459. The van der Waals surface area contributed by atoms with Gasteiger partial charge in [0.1, 0.15) is 0 Å². The van der Waals surface area contributed by atoms with Crippen LogP contribution in [0, 0.1) is 17.5 Å². The van der Waals surface area contributed by atoms with Gasteiger partial charge in [0.2, 0.25) is 0 Å². The van der Waals surface area contributed by atoms with Crippen LogP contribution in [0.3, 0.4) is 0 Å². The van der Waals surface area contributed by atoms with E-state index in [1.165, 1.54) is 0 Å². The molecule has 6 heteroatoms. The van der Waals surface area contributed by atoms with Crippen LogP contribution in [0.1, 0.15) is 10.4 Å².